The van der Waals surface area contributed by atoms with Gasteiger partial charge in [-0.1, -0.05) is 12.1 Å². The summed E-state index contributed by atoms with van der Waals surface area (Å²) in [6, 6.07) is 19.7. The zero-order valence-corrected chi connectivity index (χ0v) is 26.0. The van der Waals surface area contributed by atoms with Crippen LogP contribution in [0.4, 0.5) is 0 Å². The Morgan fingerprint density at radius 1 is 0.478 bits per heavy atom. The van der Waals surface area contributed by atoms with Crippen molar-refractivity contribution in [3.05, 3.63) is 128 Å². The summed E-state index contributed by atoms with van der Waals surface area (Å²) in [5, 5.41) is 10.2. The van der Waals surface area contributed by atoms with E-state index >= 15 is 0 Å². The van der Waals surface area contributed by atoms with E-state index in [1.165, 1.54) is 22.3 Å². The predicted molar refractivity (Wildman–Crippen MR) is 168 cm³/mol. The monoisotopic (exact) mass is 715 g/mol. The molecule has 0 aliphatic carbocycles. The molecule has 0 atom stereocenters. The van der Waals surface area contributed by atoms with Crippen LogP contribution in [-0.4, -0.2) is 60.8 Å². The summed E-state index contributed by atoms with van der Waals surface area (Å²) in [5.41, 5.74) is 4.52. The first-order valence-corrected chi connectivity index (χ1v) is 12.1. The van der Waals surface area contributed by atoms with Gasteiger partial charge in [0.15, 0.2) is 0 Å². The molecule has 0 saturated carbocycles. The fraction of sp³-hybridized carbons (Fsp3) is 0. The first-order chi connectivity index (χ1) is 17.8. The fourth-order valence-electron chi connectivity index (χ4n) is 2.94. The zero-order chi connectivity index (χ0) is 26.5. The summed E-state index contributed by atoms with van der Waals surface area (Å²) in [6.45, 7) is 0. The van der Waals surface area contributed by atoms with Gasteiger partial charge in [0.05, 0.1) is 10.9 Å². The van der Waals surface area contributed by atoms with Crippen LogP contribution in [-0.2, 0) is 49.1 Å². The number of carbonyl (C=O) groups is 1. The van der Waals surface area contributed by atoms with Crippen molar-refractivity contribution in [2.75, 3.05) is 0 Å². The molecule has 1 aromatic carbocycles. The smallest absolute Gasteiger partial charge is 0.744 e. The minimum atomic E-state index is -4.51. The Labute approximate surface area is 274 Å². The van der Waals surface area contributed by atoms with Crippen LogP contribution < -0.4 is 5.11 Å². The molecular formula is C27H40MnN4O13S+4. The Morgan fingerprint density at radius 3 is 0.870 bits per heavy atom. The number of nitrogens with zero attached hydrogens (tertiary/aromatic N) is 4. The number of hydrogen-bond donors (Lipinski definition) is 0. The van der Waals surface area contributed by atoms with Crippen molar-refractivity contribution in [3.8, 4) is 22.3 Å². The van der Waals surface area contributed by atoms with Crippen molar-refractivity contribution in [3.63, 3.8) is 0 Å². The van der Waals surface area contributed by atoms with E-state index in [1.54, 1.807) is 49.6 Å². The maximum atomic E-state index is 10.4. The van der Waals surface area contributed by atoms with Crippen molar-refractivity contribution in [1.29, 1.82) is 0 Å². The van der Waals surface area contributed by atoms with Gasteiger partial charge in [-0.3, -0.25) is 19.9 Å². The predicted octanol–water partition coefficient (Wildman–Crippen LogP) is -3.75. The van der Waals surface area contributed by atoms with Crippen LogP contribution in [0.3, 0.4) is 0 Å². The molecule has 20 N–H and O–H groups in total. The molecule has 255 valence electrons. The first kappa shape index (κ1) is 57.1. The Morgan fingerprint density at radius 2 is 0.696 bits per heavy atom. The molecule has 0 saturated heterocycles. The van der Waals surface area contributed by atoms with Crippen molar-refractivity contribution >= 4 is 16.1 Å². The van der Waals surface area contributed by atoms with Crippen LogP contribution in [0, 0.1) is 0 Å². The average Bonchev–Trinajstić information content (AvgIpc) is 2.95. The number of pyridine rings is 4. The fourth-order valence-corrected chi connectivity index (χ4v) is 3.40. The Hall–Kier alpha value is -4.60. The summed E-state index contributed by atoms with van der Waals surface area (Å²) in [4.78, 5) is 25.6. The largest absolute Gasteiger partial charge is 2.00 e. The minimum Gasteiger partial charge on any atom is -0.744 e. The van der Waals surface area contributed by atoms with Crippen LogP contribution in [0.25, 0.3) is 22.3 Å². The maximum absolute atomic E-state index is 10.4. The van der Waals surface area contributed by atoms with E-state index in [9.17, 15) is 22.9 Å². The summed E-state index contributed by atoms with van der Waals surface area (Å²) in [7, 11) is -4.51. The zero-order valence-electron chi connectivity index (χ0n) is 24.0. The van der Waals surface area contributed by atoms with Crippen molar-refractivity contribution in [2.45, 2.75) is 4.90 Å². The second-order valence-corrected chi connectivity index (χ2v) is 8.59. The summed E-state index contributed by atoms with van der Waals surface area (Å²) >= 11 is 0. The number of carbonyl (C=O) groups excluding carboxylic acids is 1. The molecule has 0 spiro atoms. The molecule has 5 aromatic rings. The van der Waals surface area contributed by atoms with Gasteiger partial charge in [-0.05, 0) is 88.5 Å². The first-order valence-electron chi connectivity index (χ1n) is 10.7. The molecule has 0 amide bonds. The Kier molecular flexibility index (Phi) is 36.2. The summed E-state index contributed by atoms with van der Waals surface area (Å²) in [5.74, 6) is -1.42. The molecule has 0 aliphatic heterocycles. The normalized spacial score (nSPS) is 8.20. The van der Waals surface area contributed by atoms with Gasteiger partial charge in [0.1, 0.15) is 10.1 Å². The van der Waals surface area contributed by atoms with Crippen molar-refractivity contribution in [1.82, 2.24) is 19.9 Å². The van der Waals surface area contributed by atoms with E-state index < -0.39 is 21.0 Å². The van der Waals surface area contributed by atoms with Gasteiger partial charge in [-0.25, -0.2) is 8.42 Å². The number of rotatable bonds is 4. The average molecular weight is 716 g/mol. The minimum absolute atomic E-state index is 0. The molecule has 17 nitrogen and oxygen atoms in total. The van der Waals surface area contributed by atoms with Crippen LogP contribution in [0.1, 0.15) is 10.4 Å². The van der Waals surface area contributed by atoms with Gasteiger partial charge < -0.3 is 58.3 Å². The molecule has 1 radical (unpaired) electrons. The summed E-state index contributed by atoms with van der Waals surface area (Å²) < 4.78 is 31.2. The van der Waals surface area contributed by atoms with Crippen LogP contribution in [0.2, 0.25) is 0 Å². The van der Waals surface area contributed by atoms with E-state index in [0.717, 1.165) is 24.3 Å². The number of carboxylic acids is 1. The van der Waals surface area contributed by atoms with E-state index in [1.807, 2.05) is 48.5 Å². The quantitative estimate of drug-likeness (QED) is 0.100. The van der Waals surface area contributed by atoms with Crippen molar-refractivity contribution in [2.24, 2.45) is 0 Å². The van der Waals surface area contributed by atoms with Crippen molar-refractivity contribution < 1.29 is 83.7 Å². The van der Waals surface area contributed by atoms with Gasteiger partial charge in [-0.15, -0.1) is 0 Å². The molecular weight excluding hydrogens is 675 g/mol. The van der Waals surface area contributed by atoms with Gasteiger partial charge in [-0.2, -0.15) is 0 Å². The molecule has 4 aromatic heterocycles. The maximum Gasteiger partial charge on any atom is 2.00 e. The molecule has 0 aliphatic rings. The van der Waals surface area contributed by atoms with E-state index in [-0.39, 0.29) is 66.4 Å². The molecule has 19 heteroatoms. The molecule has 0 bridgehead atoms. The third kappa shape index (κ3) is 18.9. The molecule has 0 unspecified atom stereocenters. The topological polar surface area (TPSA) is 407 Å². The number of carboxylic acid groups (broad SMARTS) is 1. The third-order valence-corrected chi connectivity index (χ3v) is 5.62. The van der Waals surface area contributed by atoms with Crippen LogP contribution >= 0.6 is 0 Å². The van der Waals surface area contributed by atoms with Gasteiger partial charge in [0.2, 0.25) is 0 Å². The van der Waals surface area contributed by atoms with E-state index in [0.29, 0.717) is 0 Å². The second-order valence-electron chi connectivity index (χ2n) is 7.21. The van der Waals surface area contributed by atoms with Gasteiger partial charge in [0.25, 0.3) is 0 Å². The molecule has 46 heavy (non-hydrogen) atoms. The number of benzene rings is 1. The Bertz CT molecular complexity index is 1360. The molecule has 4 heterocycles. The standard InChI is InChI=1S/2C10H8N2.C7H6O5S.Mn.8H2O/c2*1-5-11-6-2-9(1)10-3-7-12-8-4-10;8-7(9)5-1-3-6(4-2-5)13(10,11)12;;;;;;;;;/h2*1-8H;1-4H,(H,8,9)(H,10,11,12);;8*1H2/q;;;+2;;;;;;;;/p+2. The Balaban J connectivity index is -0.0000000904. The molecule has 5 rings (SSSR count). The SMILES string of the molecule is O.O.O.O.O=C([O-])c1ccc(S(=O)(=O)[O-])cc1.[Mn+2].[OH3+].[OH3+].[OH3+].[OH3+].c1cc(-c2ccncc2)ccn1.c1cc(-c2ccncc2)ccn1. The number of hydrogen-bond acceptors (Lipinski definition) is 9. The second kappa shape index (κ2) is 29.1. The van der Waals surface area contributed by atoms with Gasteiger partial charge >= 0.3 is 17.1 Å². The molecule has 0 fully saturated rings. The van der Waals surface area contributed by atoms with E-state index in [4.69, 9.17) is 0 Å². The van der Waals surface area contributed by atoms with Gasteiger partial charge in [0, 0.05) is 49.6 Å². The van der Waals surface area contributed by atoms with Crippen LogP contribution in [0.5, 0.6) is 0 Å². The number of aromatic carboxylic acids is 1. The third-order valence-electron chi connectivity index (χ3n) is 4.77. The van der Waals surface area contributed by atoms with E-state index in [2.05, 4.69) is 19.9 Å². The number of aromatic nitrogens is 4. The summed E-state index contributed by atoms with van der Waals surface area (Å²) in [6.07, 6.45) is 14.3. The van der Waals surface area contributed by atoms with Crippen LogP contribution in [0.15, 0.2) is 127 Å².